The Hall–Kier alpha value is -2.17. The molecule has 1 unspecified atom stereocenters. The topological polar surface area (TPSA) is 76.7 Å². The lowest BCUT2D eigenvalue weighted by atomic mass is 10.1. The number of hydrogen-bond acceptors (Lipinski definition) is 5. The van der Waals surface area contributed by atoms with Crippen LogP contribution < -0.4 is 11.1 Å². The van der Waals surface area contributed by atoms with Gasteiger partial charge in [0.15, 0.2) is 0 Å². The molecule has 5 heteroatoms. The summed E-state index contributed by atoms with van der Waals surface area (Å²) in [5.41, 5.74) is 6.91. The number of aryl methyl sites for hydroxylation is 1. The highest BCUT2D eigenvalue weighted by molar-refractivity contribution is 5.46. The lowest BCUT2D eigenvalue weighted by Crippen LogP contribution is -2.10. The Morgan fingerprint density at radius 3 is 2.89 bits per heavy atom. The van der Waals surface area contributed by atoms with Crippen LogP contribution in [0.5, 0.6) is 0 Å². The van der Waals surface area contributed by atoms with E-state index < -0.39 is 0 Å². The molecular formula is C14H19N5. The van der Waals surface area contributed by atoms with Gasteiger partial charge in [0.2, 0.25) is 0 Å². The summed E-state index contributed by atoms with van der Waals surface area (Å²) >= 11 is 0. The van der Waals surface area contributed by atoms with Crippen molar-refractivity contribution in [2.45, 2.75) is 32.7 Å². The van der Waals surface area contributed by atoms with Gasteiger partial charge in [-0.1, -0.05) is 13.0 Å². The first-order valence-electron chi connectivity index (χ1n) is 6.49. The fourth-order valence-electron chi connectivity index (χ4n) is 1.86. The second-order valence-corrected chi connectivity index (χ2v) is 4.50. The van der Waals surface area contributed by atoms with Crippen molar-refractivity contribution in [3.8, 4) is 0 Å². The van der Waals surface area contributed by atoms with Crippen LogP contribution in [0.4, 0.5) is 11.6 Å². The summed E-state index contributed by atoms with van der Waals surface area (Å²) in [4.78, 5) is 12.8. The first-order chi connectivity index (χ1) is 9.19. The van der Waals surface area contributed by atoms with Gasteiger partial charge in [0.05, 0.1) is 6.04 Å². The molecule has 0 aromatic carbocycles. The molecular weight excluding hydrogens is 238 g/mol. The molecule has 0 saturated carbocycles. The molecule has 2 rings (SSSR count). The van der Waals surface area contributed by atoms with Crippen LogP contribution in [0, 0.1) is 0 Å². The van der Waals surface area contributed by atoms with Crippen LogP contribution in [0.1, 0.15) is 37.7 Å². The van der Waals surface area contributed by atoms with Crippen LogP contribution in [0.25, 0.3) is 0 Å². The van der Waals surface area contributed by atoms with Gasteiger partial charge < -0.3 is 11.1 Å². The molecule has 3 N–H and O–H groups in total. The van der Waals surface area contributed by atoms with Crippen molar-refractivity contribution in [1.82, 2.24) is 15.0 Å². The summed E-state index contributed by atoms with van der Waals surface area (Å²) in [6, 6.07) is 5.83. The van der Waals surface area contributed by atoms with Crippen molar-refractivity contribution in [3.05, 3.63) is 42.0 Å². The van der Waals surface area contributed by atoms with Gasteiger partial charge in [-0.3, -0.25) is 4.98 Å². The molecule has 0 aliphatic rings. The molecule has 0 fully saturated rings. The highest BCUT2D eigenvalue weighted by atomic mass is 15.1. The monoisotopic (exact) mass is 257 g/mol. The minimum absolute atomic E-state index is 0.123. The lowest BCUT2D eigenvalue weighted by Gasteiger charge is -2.15. The molecule has 19 heavy (non-hydrogen) atoms. The van der Waals surface area contributed by atoms with E-state index in [4.69, 9.17) is 5.73 Å². The number of nitrogen functional groups attached to an aromatic ring is 1. The van der Waals surface area contributed by atoms with E-state index in [1.54, 1.807) is 12.3 Å². The number of pyridine rings is 1. The molecule has 1 atom stereocenters. The summed E-state index contributed by atoms with van der Waals surface area (Å²) in [6.45, 7) is 4.16. The maximum absolute atomic E-state index is 5.80. The van der Waals surface area contributed by atoms with Crippen molar-refractivity contribution >= 4 is 11.6 Å². The Labute approximate surface area is 113 Å². The third kappa shape index (κ3) is 3.64. The van der Waals surface area contributed by atoms with Crippen LogP contribution in [-0.4, -0.2) is 15.0 Å². The number of rotatable bonds is 5. The van der Waals surface area contributed by atoms with Crippen LogP contribution in [-0.2, 0) is 6.42 Å². The average molecular weight is 257 g/mol. The second-order valence-electron chi connectivity index (χ2n) is 4.50. The normalized spacial score (nSPS) is 12.1. The predicted molar refractivity (Wildman–Crippen MR) is 76.7 cm³/mol. The van der Waals surface area contributed by atoms with Crippen LogP contribution >= 0.6 is 0 Å². The van der Waals surface area contributed by atoms with E-state index in [2.05, 4.69) is 34.1 Å². The summed E-state index contributed by atoms with van der Waals surface area (Å²) in [7, 11) is 0. The minimum Gasteiger partial charge on any atom is -0.384 e. The van der Waals surface area contributed by atoms with E-state index >= 15 is 0 Å². The van der Waals surface area contributed by atoms with Crippen molar-refractivity contribution < 1.29 is 0 Å². The van der Waals surface area contributed by atoms with Crippen molar-refractivity contribution in [2.75, 3.05) is 11.1 Å². The summed E-state index contributed by atoms with van der Waals surface area (Å²) in [5.74, 6) is 2.04. The minimum atomic E-state index is 0.123. The largest absolute Gasteiger partial charge is 0.384 e. The maximum atomic E-state index is 5.80. The number of aromatic nitrogens is 3. The fourth-order valence-corrected chi connectivity index (χ4v) is 1.86. The van der Waals surface area contributed by atoms with Crippen molar-refractivity contribution in [2.24, 2.45) is 0 Å². The highest BCUT2D eigenvalue weighted by Crippen LogP contribution is 2.18. The first-order valence-corrected chi connectivity index (χ1v) is 6.49. The van der Waals surface area contributed by atoms with Crippen LogP contribution in [0.3, 0.4) is 0 Å². The molecule has 5 nitrogen and oxygen atoms in total. The molecule has 0 aliphatic carbocycles. The van der Waals surface area contributed by atoms with Gasteiger partial charge >= 0.3 is 0 Å². The van der Waals surface area contributed by atoms with E-state index in [1.165, 1.54) is 0 Å². The number of nitrogens with two attached hydrogens (primary N) is 1. The average Bonchev–Trinajstić information content (AvgIpc) is 2.39. The van der Waals surface area contributed by atoms with Gasteiger partial charge in [0, 0.05) is 24.9 Å². The standard InChI is InChI=1S/C14H19N5/c1-3-5-13-18-12(15)8-14(19-13)17-10(2)11-6-4-7-16-9-11/h4,6-10H,3,5H2,1-2H3,(H3,15,17,18,19). The molecule has 2 heterocycles. The SMILES string of the molecule is CCCc1nc(N)cc(NC(C)c2cccnc2)n1. The van der Waals surface area contributed by atoms with Gasteiger partial charge in [-0.05, 0) is 25.0 Å². The van der Waals surface area contributed by atoms with E-state index in [0.717, 1.165) is 30.0 Å². The fraction of sp³-hybridized carbons (Fsp3) is 0.357. The lowest BCUT2D eigenvalue weighted by molar-refractivity contribution is 0.819. The zero-order valence-electron chi connectivity index (χ0n) is 11.3. The predicted octanol–water partition coefficient (Wildman–Crippen LogP) is 2.58. The molecule has 0 amide bonds. The van der Waals surface area contributed by atoms with Crippen molar-refractivity contribution in [3.63, 3.8) is 0 Å². The summed E-state index contributed by atoms with van der Waals surface area (Å²) < 4.78 is 0. The van der Waals surface area contributed by atoms with E-state index in [-0.39, 0.29) is 6.04 Å². The van der Waals surface area contributed by atoms with Crippen molar-refractivity contribution in [1.29, 1.82) is 0 Å². The highest BCUT2D eigenvalue weighted by Gasteiger charge is 2.08. The van der Waals surface area contributed by atoms with E-state index in [1.807, 2.05) is 18.3 Å². The van der Waals surface area contributed by atoms with Gasteiger partial charge in [-0.15, -0.1) is 0 Å². The third-order valence-corrected chi connectivity index (χ3v) is 2.81. The van der Waals surface area contributed by atoms with Gasteiger partial charge in [-0.2, -0.15) is 0 Å². The molecule has 100 valence electrons. The van der Waals surface area contributed by atoms with Crippen LogP contribution in [0.15, 0.2) is 30.6 Å². The van der Waals surface area contributed by atoms with E-state index in [0.29, 0.717) is 5.82 Å². The number of hydrogen-bond donors (Lipinski definition) is 2. The second kappa shape index (κ2) is 6.13. The Bertz CT molecular complexity index is 527. The maximum Gasteiger partial charge on any atom is 0.133 e. The molecule has 2 aromatic rings. The molecule has 0 bridgehead atoms. The number of anilines is 2. The third-order valence-electron chi connectivity index (χ3n) is 2.81. The number of nitrogens with zero attached hydrogens (tertiary/aromatic N) is 3. The Kier molecular flexibility index (Phi) is 4.28. The zero-order valence-corrected chi connectivity index (χ0v) is 11.3. The quantitative estimate of drug-likeness (QED) is 0.861. The zero-order chi connectivity index (χ0) is 13.7. The summed E-state index contributed by atoms with van der Waals surface area (Å²) in [5, 5.41) is 3.33. The molecule has 0 spiro atoms. The number of nitrogens with one attached hydrogen (secondary N) is 1. The molecule has 0 saturated heterocycles. The van der Waals surface area contributed by atoms with Gasteiger partial charge in [-0.25, -0.2) is 9.97 Å². The molecule has 0 aliphatic heterocycles. The molecule has 2 aromatic heterocycles. The molecule has 0 radical (unpaired) electrons. The first kappa shape index (κ1) is 13.3. The Balaban J connectivity index is 2.14. The van der Waals surface area contributed by atoms with Gasteiger partial charge in [0.25, 0.3) is 0 Å². The Morgan fingerprint density at radius 2 is 2.21 bits per heavy atom. The smallest absolute Gasteiger partial charge is 0.133 e. The van der Waals surface area contributed by atoms with E-state index in [9.17, 15) is 0 Å². The van der Waals surface area contributed by atoms with Crippen LogP contribution in [0.2, 0.25) is 0 Å². The Morgan fingerprint density at radius 1 is 1.37 bits per heavy atom. The summed E-state index contributed by atoms with van der Waals surface area (Å²) in [6.07, 6.45) is 5.44. The van der Waals surface area contributed by atoms with Gasteiger partial charge in [0.1, 0.15) is 17.5 Å².